The number of benzene rings is 2. The van der Waals surface area contributed by atoms with Crippen LogP contribution in [0, 0.1) is 20.8 Å². The first-order chi connectivity index (χ1) is 9.99. The summed E-state index contributed by atoms with van der Waals surface area (Å²) in [5.74, 6) is 0. The first-order valence-electron chi connectivity index (χ1n) is 7.18. The van der Waals surface area contributed by atoms with Crippen LogP contribution in [0.15, 0.2) is 42.5 Å². The predicted octanol–water partition coefficient (Wildman–Crippen LogP) is 4.55. The number of aryl methyl sites for hydroxylation is 4. The summed E-state index contributed by atoms with van der Waals surface area (Å²) >= 11 is 0. The van der Waals surface area contributed by atoms with Crippen LogP contribution in [0.5, 0.6) is 0 Å². The molecule has 2 aromatic rings. The van der Waals surface area contributed by atoms with Crippen molar-refractivity contribution in [3.05, 3.63) is 70.3 Å². The minimum atomic E-state index is -2.26. The van der Waals surface area contributed by atoms with Crippen molar-refractivity contribution in [3.8, 4) is 0 Å². The van der Waals surface area contributed by atoms with Gasteiger partial charge in [-0.15, -0.1) is 0 Å². The molecule has 2 nitrogen and oxygen atoms in total. The summed E-state index contributed by atoms with van der Waals surface area (Å²) in [7, 11) is -2.26. The molecule has 0 aliphatic carbocycles. The van der Waals surface area contributed by atoms with Gasteiger partial charge in [-0.05, 0) is 43.9 Å². The van der Waals surface area contributed by atoms with E-state index >= 15 is 0 Å². The standard InChI is InChI=1S/C18H21O2P/c1-13-11-14(2)17(15(3)12-13)18(19)21(20)10-9-16-7-5-4-6-8-16/h4-8,11-12,21H,9-10H2,1-3H3. The Labute approximate surface area is 127 Å². The van der Waals surface area contributed by atoms with Gasteiger partial charge in [-0.2, -0.15) is 0 Å². The van der Waals surface area contributed by atoms with Crippen molar-refractivity contribution in [1.29, 1.82) is 0 Å². The van der Waals surface area contributed by atoms with Gasteiger partial charge in [0, 0.05) is 11.7 Å². The van der Waals surface area contributed by atoms with E-state index in [-0.39, 0.29) is 5.52 Å². The SMILES string of the molecule is Cc1cc(C)c(C(=O)[PH](=O)CCc2ccccc2)c(C)c1. The topological polar surface area (TPSA) is 34.1 Å². The van der Waals surface area contributed by atoms with E-state index in [0.29, 0.717) is 18.1 Å². The lowest BCUT2D eigenvalue weighted by molar-refractivity contribution is 0.107. The minimum absolute atomic E-state index is 0.175. The van der Waals surface area contributed by atoms with Crippen molar-refractivity contribution < 1.29 is 9.36 Å². The molecule has 1 atom stereocenters. The average Bonchev–Trinajstić information content (AvgIpc) is 2.44. The van der Waals surface area contributed by atoms with Crippen LogP contribution in [-0.2, 0) is 11.0 Å². The van der Waals surface area contributed by atoms with E-state index in [1.165, 1.54) is 0 Å². The molecular weight excluding hydrogens is 279 g/mol. The Kier molecular flexibility index (Phi) is 5.14. The summed E-state index contributed by atoms with van der Waals surface area (Å²) in [6.45, 7) is 5.84. The van der Waals surface area contributed by atoms with E-state index in [9.17, 15) is 9.36 Å². The third-order valence-corrected chi connectivity index (χ3v) is 5.10. The maximum Gasteiger partial charge on any atom is 0.219 e. The van der Waals surface area contributed by atoms with E-state index in [4.69, 9.17) is 0 Å². The summed E-state index contributed by atoms with van der Waals surface area (Å²) < 4.78 is 12.3. The van der Waals surface area contributed by atoms with Gasteiger partial charge < -0.3 is 4.57 Å². The van der Waals surface area contributed by atoms with Crippen molar-refractivity contribution in [2.45, 2.75) is 27.2 Å². The molecule has 0 bridgehead atoms. The summed E-state index contributed by atoms with van der Waals surface area (Å²) in [6.07, 6.45) is 1.13. The molecule has 0 spiro atoms. The van der Waals surface area contributed by atoms with E-state index < -0.39 is 7.80 Å². The number of hydrogen-bond donors (Lipinski definition) is 0. The fourth-order valence-electron chi connectivity index (χ4n) is 2.69. The van der Waals surface area contributed by atoms with Gasteiger partial charge in [0.05, 0.1) is 0 Å². The molecule has 0 N–H and O–H groups in total. The van der Waals surface area contributed by atoms with Crippen LogP contribution in [-0.4, -0.2) is 11.7 Å². The Bertz CT molecular complexity index is 652. The van der Waals surface area contributed by atoms with Crippen LogP contribution in [0.2, 0.25) is 0 Å². The van der Waals surface area contributed by atoms with Crippen molar-refractivity contribution in [2.24, 2.45) is 0 Å². The molecule has 0 aromatic heterocycles. The molecule has 21 heavy (non-hydrogen) atoms. The largest absolute Gasteiger partial charge is 0.318 e. The third-order valence-electron chi connectivity index (χ3n) is 3.64. The third kappa shape index (κ3) is 3.92. The van der Waals surface area contributed by atoms with Crippen LogP contribution in [0.3, 0.4) is 0 Å². The van der Waals surface area contributed by atoms with Gasteiger partial charge in [0.25, 0.3) is 0 Å². The van der Waals surface area contributed by atoms with Gasteiger partial charge in [-0.3, -0.25) is 4.79 Å². The van der Waals surface area contributed by atoms with E-state index in [1.54, 1.807) is 0 Å². The minimum Gasteiger partial charge on any atom is -0.318 e. The van der Waals surface area contributed by atoms with Crippen LogP contribution in [0.1, 0.15) is 32.6 Å². The van der Waals surface area contributed by atoms with E-state index in [2.05, 4.69) is 0 Å². The van der Waals surface area contributed by atoms with Crippen molar-refractivity contribution >= 4 is 13.3 Å². The Morgan fingerprint density at radius 1 is 1.00 bits per heavy atom. The van der Waals surface area contributed by atoms with Crippen molar-refractivity contribution in [3.63, 3.8) is 0 Å². The molecule has 0 saturated carbocycles. The van der Waals surface area contributed by atoms with Crippen LogP contribution >= 0.6 is 7.80 Å². The smallest absolute Gasteiger partial charge is 0.219 e. The Balaban J connectivity index is 2.11. The van der Waals surface area contributed by atoms with Gasteiger partial charge in [0.1, 0.15) is 7.80 Å². The maximum absolute atomic E-state index is 12.5. The molecule has 0 fully saturated rings. The summed E-state index contributed by atoms with van der Waals surface area (Å²) in [6, 6.07) is 13.8. The van der Waals surface area contributed by atoms with Crippen molar-refractivity contribution in [1.82, 2.24) is 0 Å². The van der Waals surface area contributed by atoms with Gasteiger partial charge in [-0.1, -0.05) is 48.0 Å². The lowest BCUT2D eigenvalue weighted by Crippen LogP contribution is -2.03. The molecule has 2 aromatic carbocycles. The molecule has 0 saturated heterocycles. The zero-order valence-electron chi connectivity index (χ0n) is 12.8. The normalized spacial score (nSPS) is 12.1. The summed E-state index contributed by atoms with van der Waals surface area (Å²) in [4.78, 5) is 12.5. The van der Waals surface area contributed by atoms with Crippen LogP contribution < -0.4 is 0 Å². The van der Waals surface area contributed by atoms with E-state index in [0.717, 1.165) is 22.3 Å². The van der Waals surface area contributed by atoms with Gasteiger partial charge >= 0.3 is 0 Å². The highest BCUT2D eigenvalue weighted by Crippen LogP contribution is 2.31. The Morgan fingerprint density at radius 3 is 2.14 bits per heavy atom. The van der Waals surface area contributed by atoms with Crippen LogP contribution in [0.4, 0.5) is 0 Å². The molecule has 1 unspecified atom stereocenters. The summed E-state index contributed by atoms with van der Waals surface area (Å²) in [5, 5.41) is 0. The molecular formula is C18H21O2P. The average molecular weight is 300 g/mol. The van der Waals surface area contributed by atoms with Crippen LogP contribution in [0.25, 0.3) is 0 Å². The Hall–Kier alpha value is -1.66. The number of hydrogen-bond acceptors (Lipinski definition) is 2. The fraction of sp³-hybridized carbons (Fsp3) is 0.278. The van der Waals surface area contributed by atoms with Gasteiger partial charge in [0.15, 0.2) is 0 Å². The van der Waals surface area contributed by atoms with Crippen molar-refractivity contribution in [2.75, 3.05) is 6.16 Å². The first-order valence-corrected chi connectivity index (χ1v) is 8.80. The predicted molar refractivity (Wildman–Crippen MR) is 89.0 cm³/mol. The maximum atomic E-state index is 12.5. The second-order valence-corrected chi connectivity index (χ2v) is 7.31. The number of carbonyl (C=O) groups excluding carboxylic acids is 1. The zero-order chi connectivity index (χ0) is 15.4. The highest BCUT2D eigenvalue weighted by Gasteiger charge is 2.18. The van der Waals surface area contributed by atoms with Gasteiger partial charge in [0.2, 0.25) is 5.52 Å². The lowest BCUT2D eigenvalue weighted by atomic mass is 10.0. The highest BCUT2D eigenvalue weighted by molar-refractivity contribution is 7.64. The second kappa shape index (κ2) is 6.87. The number of carbonyl (C=O) groups is 1. The molecule has 0 aliphatic heterocycles. The molecule has 0 heterocycles. The summed E-state index contributed by atoms with van der Waals surface area (Å²) in [5.41, 5.74) is 4.58. The monoisotopic (exact) mass is 300 g/mol. The second-order valence-electron chi connectivity index (χ2n) is 5.51. The van der Waals surface area contributed by atoms with E-state index in [1.807, 2.05) is 63.2 Å². The molecule has 2 rings (SSSR count). The zero-order valence-corrected chi connectivity index (χ0v) is 13.8. The molecule has 0 radical (unpaired) electrons. The Morgan fingerprint density at radius 2 is 1.57 bits per heavy atom. The molecule has 0 amide bonds. The highest BCUT2D eigenvalue weighted by atomic mass is 31.1. The van der Waals surface area contributed by atoms with Gasteiger partial charge in [-0.25, -0.2) is 0 Å². The first kappa shape index (κ1) is 15.7. The fourth-order valence-corrected chi connectivity index (χ4v) is 4.11. The quantitative estimate of drug-likeness (QED) is 0.759. The molecule has 0 aliphatic rings. The molecule has 3 heteroatoms. The lowest BCUT2D eigenvalue weighted by Gasteiger charge is -2.10. The molecule has 110 valence electrons. The number of rotatable bonds is 5.